The largest absolute Gasteiger partial charge is 0.478 e. The van der Waals surface area contributed by atoms with Gasteiger partial charge < -0.3 is 5.11 Å². The molecule has 1 N–H and O–H groups in total. The fraction of sp³-hybridized carbons (Fsp3) is 0.0714. The number of aromatic carboxylic acids is 1. The molecule has 2 aromatic rings. The second-order valence-corrected chi connectivity index (χ2v) is 4.06. The Hall–Kier alpha value is -2.30. The molecular weight excluding hydrogens is 257 g/mol. The number of carboxylic acid groups (broad SMARTS) is 1. The number of carbonyl (C=O) groups is 1. The molecule has 0 unspecified atom stereocenters. The maximum atomic E-state index is 13.8. The minimum absolute atomic E-state index is 0.106. The third-order valence-corrected chi connectivity index (χ3v) is 2.78. The molecule has 2 rings (SSSR count). The van der Waals surface area contributed by atoms with Crippen molar-refractivity contribution in [2.45, 2.75) is 6.92 Å². The van der Waals surface area contributed by atoms with Gasteiger partial charge in [-0.25, -0.2) is 18.0 Å². The van der Waals surface area contributed by atoms with Crippen LogP contribution in [0.1, 0.15) is 15.9 Å². The van der Waals surface area contributed by atoms with Gasteiger partial charge in [-0.1, -0.05) is 18.2 Å². The maximum Gasteiger partial charge on any atom is 0.338 e. The number of rotatable bonds is 2. The van der Waals surface area contributed by atoms with Gasteiger partial charge in [0.15, 0.2) is 11.6 Å². The van der Waals surface area contributed by atoms with Crippen LogP contribution in [0.15, 0.2) is 30.3 Å². The van der Waals surface area contributed by atoms with Gasteiger partial charge in [-0.05, 0) is 30.2 Å². The number of hydrogen-bond donors (Lipinski definition) is 1. The second-order valence-electron chi connectivity index (χ2n) is 4.06. The molecule has 0 fully saturated rings. The normalized spacial score (nSPS) is 10.5. The van der Waals surface area contributed by atoms with E-state index in [4.69, 9.17) is 5.11 Å². The van der Waals surface area contributed by atoms with E-state index in [2.05, 4.69) is 0 Å². The first-order chi connectivity index (χ1) is 8.91. The Labute approximate surface area is 107 Å². The van der Waals surface area contributed by atoms with E-state index in [-0.39, 0.29) is 16.7 Å². The summed E-state index contributed by atoms with van der Waals surface area (Å²) in [4.78, 5) is 10.8. The molecule has 0 aliphatic heterocycles. The number of carboxylic acids is 1. The average molecular weight is 266 g/mol. The summed E-state index contributed by atoms with van der Waals surface area (Å²) in [5.74, 6) is -4.47. The van der Waals surface area contributed by atoms with Crippen molar-refractivity contribution in [3.63, 3.8) is 0 Å². The maximum absolute atomic E-state index is 13.8. The molecule has 5 heteroatoms. The molecule has 0 amide bonds. The summed E-state index contributed by atoms with van der Waals surface area (Å²) in [6, 6.07) is 5.79. The predicted octanol–water partition coefficient (Wildman–Crippen LogP) is 3.78. The lowest BCUT2D eigenvalue weighted by atomic mass is 10.0. The third-order valence-electron chi connectivity index (χ3n) is 2.78. The summed E-state index contributed by atoms with van der Waals surface area (Å²) in [6.07, 6.45) is 0. The Balaban J connectivity index is 2.63. The van der Waals surface area contributed by atoms with E-state index in [9.17, 15) is 18.0 Å². The van der Waals surface area contributed by atoms with Gasteiger partial charge in [0.2, 0.25) is 0 Å². The van der Waals surface area contributed by atoms with E-state index in [0.717, 1.165) is 12.1 Å². The Morgan fingerprint density at radius 2 is 1.74 bits per heavy atom. The molecule has 0 saturated carbocycles. The van der Waals surface area contributed by atoms with E-state index >= 15 is 0 Å². The van der Waals surface area contributed by atoms with Crippen molar-refractivity contribution in [1.29, 1.82) is 0 Å². The zero-order chi connectivity index (χ0) is 14.2. The number of hydrogen-bond acceptors (Lipinski definition) is 1. The van der Waals surface area contributed by atoms with Gasteiger partial charge in [0.05, 0.1) is 5.56 Å². The summed E-state index contributed by atoms with van der Waals surface area (Å²) in [5.41, 5.74) is -0.444. The van der Waals surface area contributed by atoms with Crippen LogP contribution in [0.2, 0.25) is 0 Å². The van der Waals surface area contributed by atoms with E-state index in [0.29, 0.717) is 0 Å². The Bertz CT molecular complexity index is 666. The van der Waals surface area contributed by atoms with Crippen LogP contribution >= 0.6 is 0 Å². The molecule has 2 nitrogen and oxygen atoms in total. The van der Waals surface area contributed by atoms with Crippen molar-refractivity contribution in [2.24, 2.45) is 0 Å². The van der Waals surface area contributed by atoms with Gasteiger partial charge >= 0.3 is 5.97 Å². The number of aryl methyl sites for hydroxylation is 1. The standard InChI is InChI=1S/C14H9F3O2/c1-7-2-4-9(13(17)12(7)16)8-3-5-11(15)10(6-8)14(18)19/h2-6H,1H3,(H,18,19). The molecule has 0 spiro atoms. The molecule has 0 aliphatic rings. The first-order valence-electron chi connectivity index (χ1n) is 5.39. The molecule has 0 aromatic heterocycles. The molecule has 0 heterocycles. The molecule has 0 radical (unpaired) electrons. The summed E-state index contributed by atoms with van der Waals surface area (Å²) in [7, 11) is 0. The zero-order valence-corrected chi connectivity index (χ0v) is 9.88. The monoisotopic (exact) mass is 266 g/mol. The quantitative estimate of drug-likeness (QED) is 0.898. The van der Waals surface area contributed by atoms with Crippen LogP contribution in [-0.2, 0) is 0 Å². The summed E-state index contributed by atoms with van der Waals surface area (Å²) >= 11 is 0. The van der Waals surface area contributed by atoms with E-state index < -0.39 is 29.0 Å². The van der Waals surface area contributed by atoms with Crippen molar-refractivity contribution in [1.82, 2.24) is 0 Å². The average Bonchev–Trinajstić information content (AvgIpc) is 2.37. The molecule has 98 valence electrons. The summed E-state index contributed by atoms with van der Waals surface area (Å²) in [5, 5.41) is 8.80. The van der Waals surface area contributed by atoms with Crippen molar-refractivity contribution in [2.75, 3.05) is 0 Å². The fourth-order valence-corrected chi connectivity index (χ4v) is 1.73. The lowest BCUT2D eigenvalue weighted by molar-refractivity contribution is 0.0692. The molecule has 0 bridgehead atoms. The van der Waals surface area contributed by atoms with E-state index in [1.165, 1.54) is 25.1 Å². The van der Waals surface area contributed by atoms with E-state index in [1.54, 1.807) is 0 Å². The van der Waals surface area contributed by atoms with Crippen LogP contribution in [-0.4, -0.2) is 11.1 Å². The molecule has 0 aliphatic carbocycles. The highest BCUT2D eigenvalue weighted by Gasteiger charge is 2.16. The molecule has 2 aromatic carbocycles. The Kier molecular flexibility index (Phi) is 3.29. The molecule has 0 atom stereocenters. The Morgan fingerprint density at radius 3 is 2.37 bits per heavy atom. The van der Waals surface area contributed by atoms with Crippen molar-refractivity contribution in [3.8, 4) is 11.1 Å². The van der Waals surface area contributed by atoms with Gasteiger partial charge in [-0.3, -0.25) is 0 Å². The predicted molar refractivity (Wildman–Crippen MR) is 63.4 cm³/mol. The lowest BCUT2D eigenvalue weighted by Crippen LogP contribution is -2.01. The summed E-state index contributed by atoms with van der Waals surface area (Å²) in [6.45, 7) is 1.41. The highest BCUT2D eigenvalue weighted by molar-refractivity contribution is 5.89. The highest BCUT2D eigenvalue weighted by Crippen LogP contribution is 2.27. The first-order valence-corrected chi connectivity index (χ1v) is 5.39. The number of benzene rings is 2. The van der Waals surface area contributed by atoms with Crippen molar-refractivity contribution in [3.05, 3.63) is 58.9 Å². The van der Waals surface area contributed by atoms with Crippen molar-refractivity contribution >= 4 is 5.97 Å². The molecular formula is C14H9F3O2. The van der Waals surface area contributed by atoms with E-state index in [1.807, 2.05) is 0 Å². The molecule has 19 heavy (non-hydrogen) atoms. The van der Waals surface area contributed by atoms with Crippen LogP contribution < -0.4 is 0 Å². The minimum atomic E-state index is -1.47. The van der Waals surface area contributed by atoms with Gasteiger partial charge in [0, 0.05) is 5.56 Å². The molecule has 0 saturated heterocycles. The van der Waals surface area contributed by atoms with Gasteiger partial charge in [0.1, 0.15) is 5.82 Å². The van der Waals surface area contributed by atoms with Crippen LogP contribution in [0.5, 0.6) is 0 Å². The van der Waals surface area contributed by atoms with Gasteiger partial charge in [-0.2, -0.15) is 0 Å². The number of halogens is 3. The third kappa shape index (κ3) is 2.31. The minimum Gasteiger partial charge on any atom is -0.478 e. The fourth-order valence-electron chi connectivity index (χ4n) is 1.73. The van der Waals surface area contributed by atoms with Crippen molar-refractivity contribution < 1.29 is 23.1 Å². The first kappa shape index (κ1) is 13.1. The second kappa shape index (κ2) is 4.76. The highest BCUT2D eigenvalue weighted by atomic mass is 19.2. The topological polar surface area (TPSA) is 37.3 Å². The summed E-state index contributed by atoms with van der Waals surface area (Å²) < 4.78 is 40.4. The smallest absolute Gasteiger partial charge is 0.338 e. The lowest BCUT2D eigenvalue weighted by Gasteiger charge is -2.07. The SMILES string of the molecule is Cc1ccc(-c2ccc(F)c(C(=O)O)c2)c(F)c1F. The van der Waals surface area contributed by atoms with Gasteiger partial charge in [-0.15, -0.1) is 0 Å². The zero-order valence-electron chi connectivity index (χ0n) is 9.88. The van der Waals surface area contributed by atoms with Gasteiger partial charge in [0.25, 0.3) is 0 Å². The van der Waals surface area contributed by atoms with Crippen LogP contribution in [0.3, 0.4) is 0 Å². The van der Waals surface area contributed by atoms with Crippen LogP contribution in [0.4, 0.5) is 13.2 Å². The van der Waals surface area contributed by atoms with Crippen LogP contribution in [0.25, 0.3) is 11.1 Å². The van der Waals surface area contributed by atoms with Crippen LogP contribution in [0, 0.1) is 24.4 Å². The Morgan fingerprint density at radius 1 is 1.05 bits per heavy atom.